The Morgan fingerprint density at radius 1 is 1.24 bits per heavy atom. The minimum absolute atomic E-state index is 0.128. The zero-order valence-corrected chi connectivity index (χ0v) is 13.7. The molecule has 1 atom stereocenters. The molecule has 1 aromatic carbocycles. The van der Waals surface area contributed by atoms with E-state index < -0.39 is 17.6 Å². The Morgan fingerprint density at radius 2 is 2.04 bits per heavy atom. The summed E-state index contributed by atoms with van der Waals surface area (Å²) in [6.45, 7) is 0.128. The molecule has 0 aliphatic rings. The second-order valence-electron chi connectivity index (χ2n) is 5.31. The molecule has 2 aromatic heterocycles. The van der Waals surface area contributed by atoms with Gasteiger partial charge in [0.15, 0.2) is 0 Å². The molecule has 8 heteroatoms. The van der Waals surface area contributed by atoms with E-state index in [1.807, 2.05) is 16.8 Å². The highest BCUT2D eigenvalue weighted by Gasteiger charge is 2.34. The first-order chi connectivity index (χ1) is 12.0. The molecule has 4 nitrogen and oxygen atoms in total. The number of carbonyl (C=O) groups is 1. The molecule has 0 saturated heterocycles. The molecule has 3 aromatic rings. The van der Waals surface area contributed by atoms with E-state index >= 15 is 0 Å². The zero-order valence-electron chi connectivity index (χ0n) is 12.9. The quantitative estimate of drug-likeness (QED) is 0.743. The van der Waals surface area contributed by atoms with Gasteiger partial charge in [-0.1, -0.05) is 12.1 Å². The first-order valence-corrected chi connectivity index (χ1v) is 8.37. The molecule has 0 spiro atoms. The number of rotatable bonds is 5. The lowest BCUT2D eigenvalue weighted by atomic mass is 10.1. The molecule has 3 rings (SSSR count). The van der Waals surface area contributed by atoms with Gasteiger partial charge in [0, 0.05) is 18.9 Å². The average Bonchev–Trinajstić information content (AvgIpc) is 3.28. The topological polar surface area (TPSA) is 46.9 Å². The Labute approximate surface area is 145 Å². The van der Waals surface area contributed by atoms with Crippen LogP contribution in [0.4, 0.5) is 13.2 Å². The molecule has 0 unspecified atom stereocenters. The van der Waals surface area contributed by atoms with Gasteiger partial charge in [-0.2, -0.15) is 29.6 Å². The van der Waals surface area contributed by atoms with Crippen LogP contribution in [0, 0.1) is 0 Å². The van der Waals surface area contributed by atoms with Crippen molar-refractivity contribution in [3.05, 3.63) is 76.2 Å². The van der Waals surface area contributed by atoms with Crippen molar-refractivity contribution in [1.29, 1.82) is 0 Å². The summed E-state index contributed by atoms with van der Waals surface area (Å²) in [7, 11) is 0. The Morgan fingerprint density at radius 3 is 2.68 bits per heavy atom. The summed E-state index contributed by atoms with van der Waals surface area (Å²) in [5, 5.41) is 10.6. The zero-order chi connectivity index (χ0) is 17.9. The number of aromatic nitrogens is 2. The number of amides is 1. The van der Waals surface area contributed by atoms with E-state index in [1.165, 1.54) is 29.5 Å². The number of halogens is 3. The van der Waals surface area contributed by atoms with Crippen LogP contribution in [0.25, 0.3) is 0 Å². The molecule has 0 fully saturated rings. The standard InChI is InChI=1S/C17H14F3N3OS/c18-17(19,20)14-5-2-1-4-13(14)16(24)21-10-15(12-6-9-25-11-12)23-8-3-7-22-23/h1-9,11,15H,10H2,(H,21,24)/t15-/m0/s1. The fraction of sp³-hybridized carbons (Fsp3) is 0.176. The Hall–Kier alpha value is -2.61. The molecule has 0 saturated carbocycles. The summed E-state index contributed by atoms with van der Waals surface area (Å²) in [6, 6.07) is 8.10. The maximum Gasteiger partial charge on any atom is 0.417 e. The van der Waals surface area contributed by atoms with Crippen molar-refractivity contribution in [2.45, 2.75) is 12.2 Å². The van der Waals surface area contributed by atoms with E-state index in [4.69, 9.17) is 0 Å². The van der Waals surface area contributed by atoms with Gasteiger partial charge in [0.05, 0.1) is 17.2 Å². The second kappa shape index (κ2) is 7.10. The molecular formula is C17H14F3N3OS. The average molecular weight is 365 g/mol. The van der Waals surface area contributed by atoms with Crippen molar-refractivity contribution in [2.24, 2.45) is 0 Å². The maximum absolute atomic E-state index is 13.1. The van der Waals surface area contributed by atoms with Crippen molar-refractivity contribution >= 4 is 17.2 Å². The fourth-order valence-electron chi connectivity index (χ4n) is 2.51. The third-order valence-corrected chi connectivity index (χ3v) is 4.41. The van der Waals surface area contributed by atoms with E-state index in [1.54, 1.807) is 23.1 Å². The van der Waals surface area contributed by atoms with Gasteiger partial charge in [-0.3, -0.25) is 9.48 Å². The van der Waals surface area contributed by atoms with Crippen molar-refractivity contribution in [3.63, 3.8) is 0 Å². The van der Waals surface area contributed by atoms with Gasteiger partial charge in [-0.05, 0) is 40.6 Å². The van der Waals surface area contributed by atoms with Crippen LogP contribution in [-0.4, -0.2) is 22.2 Å². The van der Waals surface area contributed by atoms with Crippen LogP contribution in [0.15, 0.2) is 59.6 Å². The fourth-order valence-corrected chi connectivity index (χ4v) is 3.21. The van der Waals surface area contributed by atoms with Crippen LogP contribution >= 0.6 is 11.3 Å². The normalized spacial score (nSPS) is 12.8. The van der Waals surface area contributed by atoms with Crippen LogP contribution in [0.2, 0.25) is 0 Å². The second-order valence-corrected chi connectivity index (χ2v) is 6.09. The van der Waals surface area contributed by atoms with Crippen LogP contribution in [-0.2, 0) is 6.18 Å². The van der Waals surface area contributed by atoms with Gasteiger partial charge in [-0.25, -0.2) is 0 Å². The highest BCUT2D eigenvalue weighted by Crippen LogP contribution is 2.31. The van der Waals surface area contributed by atoms with E-state index in [0.29, 0.717) is 0 Å². The van der Waals surface area contributed by atoms with Gasteiger partial charge in [0.25, 0.3) is 5.91 Å². The predicted molar refractivity (Wildman–Crippen MR) is 88.5 cm³/mol. The predicted octanol–water partition coefficient (Wildman–Crippen LogP) is 3.98. The molecule has 1 amide bonds. The first-order valence-electron chi connectivity index (χ1n) is 7.42. The summed E-state index contributed by atoms with van der Waals surface area (Å²) in [4.78, 5) is 12.3. The smallest absolute Gasteiger partial charge is 0.350 e. The summed E-state index contributed by atoms with van der Waals surface area (Å²) in [5.41, 5.74) is -0.406. The highest BCUT2D eigenvalue weighted by atomic mass is 32.1. The molecule has 0 aliphatic heterocycles. The van der Waals surface area contributed by atoms with E-state index in [-0.39, 0.29) is 18.2 Å². The van der Waals surface area contributed by atoms with Crippen LogP contribution in [0.1, 0.15) is 27.5 Å². The largest absolute Gasteiger partial charge is 0.417 e. The number of alkyl halides is 3. The van der Waals surface area contributed by atoms with E-state index in [9.17, 15) is 18.0 Å². The van der Waals surface area contributed by atoms with Gasteiger partial charge in [0.2, 0.25) is 0 Å². The monoisotopic (exact) mass is 365 g/mol. The number of thiophene rings is 1. The number of hydrogen-bond donors (Lipinski definition) is 1. The molecule has 2 heterocycles. The van der Waals surface area contributed by atoms with Gasteiger partial charge >= 0.3 is 6.18 Å². The maximum atomic E-state index is 13.1. The lowest BCUT2D eigenvalue weighted by Gasteiger charge is -2.18. The minimum atomic E-state index is -4.58. The molecule has 0 bridgehead atoms. The number of nitrogens with zero attached hydrogens (tertiary/aromatic N) is 2. The van der Waals surface area contributed by atoms with Gasteiger partial charge in [0.1, 0.15) is 0 Å². The van der Waals surface area contributed by atoms with Crippen LogP contribution in [0.5, 0.6) is 0 Å². The Balaban J connectivity index is 1.80. The van der Waals surface area contributed by atoms with Crippen molar-refractivity contribution in [2.75, 3.05) is 6.54 Å². The third-order valence-electron chi connectivity index (χ3n) is 3.71. The molecule has 1 N–H and O–H groups in total. The highest BCUT2D eigenvalue weighted by molar-refractivity contribution is 7.07. The third kappa shape index (κ3) is 3.90. The summed E-state index contributed by atoms with van der Waals surface area (Å²) >= 11 is 1.50. The molecule has 25 heavy (non-hydrogen) atoms. The molecule has 130 valence electrons. The molecule has 0 radical (unpaired) electrons. The molecular weight excluding hydrogens is 351 g/mol. The van der Waals surface area contributed by atoms with Crippen molar-refractivity contribution in [1.82, 2.24) is 15.1 Å². The van der Waals surface area contributed by atoms with Gasteiger partial charge in [-0.15, -0.1) is 0 Å². The Kier molecular flexibility index (Phi) is 4.89. The van der Waals surface area contributed by atoms with Crippen molar-refractivity contribution < 1.29 is 18.0 Å². The number of benzene rings is 1. The lowest BCUT2D eigenvalue weighted by Crippen LogP contribution is -2.32. The lowest BCUT2D eigenvalue weighted by molar-refractivity contribution is -0.137. The number of nitrogens with one attached hydrogen (secondary N) is 1. The number of hydrogen-bond acceptors (Lipinski definition) is 3. The first kappa shape index (κ1) is 17.2. The number of carbonyl (C=O) groups excluding carboxylic acids is 1. The summed E-state index contributed by atoms with van der Waals surface area (Å²) < 4.78 is 40.8. The molecule has 0 aliphatic carbocycles. The van der Waals surface area contributed by atoms with Crippen LogP contribution < -0.4 is 5.32 Å². The Bertz CT molecular complexity index is 795. The summed E-state index contributed by atoms with van der Waals surface area (Å²) in [6.07, 6.45) is -1.22. The van der Waals surface area contributed by atoms with Crippen LogP contribution in [0.3, 0.4) is 0 Å². The van der Waals surface area contributed by atoms with Crippen molar-refractivity contribution in [3.8, 4) is 0 Å². The SMILES string of the molecule is O=C(NC[C@@H](c1ccsc1)n1cccn1)c1ccccc1C(F)(F)F. The van der Waals surface area contributed by atoms with Gasteiger partial charge < -0.3 is 5.32 Å². The van der Waals surface area contributed by atoms with E-state index in [0.717, 1.165) is 11.6 Å². The minimum Gasteiger partial charge on any atom is -0.350 e. The van der Waals surface area contributed by atoms with E-state index in [2.05, 4.69) is 10.4 Å². The summed E-state index contributed by atoms with van der Waals surface area (Å²) in [5.74, 6) is -0.764.